The number of halogens is 3. The number of fused-ring (bicyclic) bond motifs is 1. The summed E-state index contributed by atoms with van der Waals surface area (Å²) in [4.78, 5) is 3.16. The molecule has 0 aliphatic rings. The molecular weight excluding hydrogens is 291 g/mol. The number of ether oxygens (including phenoxy) is 1. The third kappa shape index (κ3) is 2.79. The number of alkyl halides is 3. The van der Waals surface area contributed by atoms with Gasteiger partial charge >= 0.3 is 6.18 Å². The van der Waals surface area contributed by atoms with E-state index in [1.165, 1.54) is 12.1 Å². The van der Waals surface area contributed by atoms with Gasteiger partial charge in [0.2, 0.25) is 0 Å². The lowest BCUT2D eigenvalue weighted by Gasteiger charge is -2.07. The van der Waals surface area contributed by atoms with Gasteiger partial charge in [0.05, 0.1) is 12.7 Å². The first-order valence-corrected chi connectivity index (χ1v) is 6.77. The minimum absolute atomic E-state index is 0.574. The van der Waals surface area contributed by atoms with E-state index in [2.05, 4.69) is 4.98 Å². The van der Waals surface area contributed by atoms with Gasteiger partial charge in [-0.2, -0.15) is 13.2 Å². The van der Waals surface area contributed by atoms with E-state index in [4.69, 9.17) is 4.74 Å². The number of H-pyrrole nitrogens is 1. The third-order valence-electron chi connectivity index (χ3n) is 3.65. The molecule has 114 valence electrons. The van der Waals surface area contributed by atoms with Crippen LogP contribution in [-0.4, -0.2) is 12.1 Å². The Hall–Kier alpha value is -2.43. The Labute approximate surface area is 125 Å². The Morgan fingerprint density at radius 2 is 1.77 bits per heavy atom. The van der Waals surface area contributed by atoms with Crippen molar-refractivity contribution in [2.45, 2.75) is 12.6 Å². The van der Waals surface area contributed by atoms with Crippen LogP contribution in [0.2, 0.25) is 0 Å². The van der Waals surface area contributed by atoms with Gasteiger partial charge in [0.1, 0.15) is 5.75 Å². The Balaban J connectivity index is 1.87. The Bertz CT molecular complexity index is 788. The Morgan fingerprint density at radius 3 is 2.41 bits per heavy atom. The van der Waals surface area contributed by atoms with E-state index in [0.717, 1.165) is 39.9 Å². The molecule has 0 bridgehead atoms. The molecular formula is C17H14F3NO. The van der Waals surface area contributed by atoms with Crippen LogP contribution in [0, 0.1) is 0 Å². The molecule has 0 amide bonds. The molecule has 2 nitrogen and oxygen atoms in total. The molecule has 3 rings (SSSR count). The Kier molecular flexibility index (Phi) is 3.56. The van der Waals surface area contributed by atoms with Gasteiger partial charge in [-0.05, 0) is 41.8 Å². The smallest absolute Gasteiger partial charge is 0.416 e. The van der Waals surface area contributed by atoms with Crippen molar-refractivity contribution in [2.75, 3.05) is 7.11 Å². The lowest BCUT2D eigenvalue weighted by molar-refractivity contribution is -0.137. The molecule has 0 spiro atoms. The van der Waals surface area contributed by atoms with E-state index >= 15 is 0 Å². The number of methoxy groups -OCH3 is 1. The molecule has 1 heterocycles. The molecule has 0 unspecified atom stereocenters. The van der Waals surface area contributed by atoms with Gasteiger partial charge in [0, 0.05) is 23.2 Å². The average molecular weight is 305 g/mol. The first-order valence-electron chi connectivity index (χ1n) is 6.77. The van der Waals surface area contributed by atoms with E-state index in [0.29, 0.717) is 6.42 Å². The van der Waals surface area contributed by atoms with Gasteiger partial charge in [-0.15, -0.1) is 0 Å². The second-order valence-electron chi connectivity index (χ2n) is 5.10. The molecule has 1 aromatic heterocycles. The van der Waals surface area contributed by atoms with E-state index in [-0.39, 0.29) is 0 Å². The number of aromatic nitrogens is 1. The zero-order chi connectivity index (χ0) is 15.7. The molecule has 2 aromatic carbocycles. The second kappa shape index (κ2) is 5.40. The predicted molar refractivity (Wildman–Crippen MR) is 79.1 cm³/mol. The van der Waals surface area contributed by atoms with Gasteiger partial charge < -0.3 is 9.72 Å². The van der Waals surface area contributed by atoms with Crippen LogP contribution in [0.1, 0.15) is 16.7 Å². The summed E-state index contributed by atoms with van der Waals surface area (Å²) in [7, 11) is 1.60. The van der Waals surface area contributed by atoms with Crippen LogP contribution in [0.5, 0.6) is 5.75 Å². The van der Waals surface area contributed by atoms with Gasteiger partial charge in [-0.3, -0.25) is 0 Å². The molecule has 0 saturated carbocycles. The molecule has 0 aliphatic heterocycles. The maximum Gasteiger partial charge on any atom is 0.416 e. The second-order valence-corrected chi connectivity index (χ2v) is 5.10. The van der Waals surface area contributed by atoms with Crippen molar-refractivity contribution in [2.24, 2.45) is 0 Å². The molecule has 5 heteroatoms. The van der Waals surface area contributed by atoms with E-state index in [9.17, 15) is 13.2 Å². The first-order chi connectivity index (χ1) is 10.5. The summed E-state index contributed by atoms with van der Waals surface area (Å²) in [5.74, 6) is 0.760. The highest BCUT2D eigenvalue weighted by molar-refractivity contribution is 5.84. The molecule has 22 heavy (non-hydrogen) atoms. The highest BCUT2D eigenvalue weighted by Crippen LogP contribution is 2.30. The van der Waals surface area contributed by atoms with Crippen molar-refractivity contribution >= 4 is 10.9 Å². The maximum atomic E-state index is 12.6. The lowest BCUT2D eigenvalue weighted by Crippen LogP contribution is -2.04. The number of aromatic amines is 1. The number of rotatable bonds is 3. The number of hydrogen-bond acceptors (Lipinski definition) is 1. The van der Waals surface area contributed by atoms with Gasteiger partial charge in [0.15, 0.2) is 0 Å². The van der Waals surface area contributed by atoms with Crippen LogP contribution >= 0.6 is 0 Å². The van der Waals surface area contributed by atoms with E-state index in [1.807, 2.05) is 24.4 Å². The normalized spacial score (nSPS) is 11.8. The summed E-state index contributed by atoms with van der Waals surface area (Å²) in [5, 5.41) is 1.04. The summed E-state index contributed by atoms with van der Waals surface area (Å²) in [5.41, 5.74) is 2.20. The lowest BCUT2D eigenvalue weighted by atomic mass is 10.0. The molecule has 3 aromatic rings. The minimum atomic E-state index is -4.30. The number of hydrogen-bond donors (Lipinski definition) is 1. The standard InChI is InChI=1S/C17H14F3NO/c1-22-14-6-7-15-12(10-21-16(15)9-14)8-11-2-4-13(5-3-11)17(18,19)20/h2-7,9-10,21H,8H2,1H3. The third-order valence-corrected chi connectivity index (χ3v) is 3.65. The molecule has 0 radical (unpaired) electrons. The first kappa shape index (κ1) is 14.5. The van der Waals surface area contributed by atoms with E-state index < -0.39 is 11.7 Å². The van der Waals surface area contributed by atoms with E-state index in [1.54, 1.807) is 7.11 Å². The number of benzene rings is 2. The largest absolute Gasteiger partial charge is 0.497 e. The van der Waals surface area contributed by atoms with Crippen molar-refractivity contribution in [3.05, 3.63) is 65.4 Å². The van der Waals surface area contributed by atoms with Crippen molar-refractivity contribution in [1.29, 1.82) is 0 Å². The van der Waals surface area contributed by atoms with Crippen LogP contribution in [-0.2, 0) is 12.6 Å². The van der Waals surface area contributed by atoms with Gasteiger partial charge in [-0.25, -0.2) is 0 Å². The maximum absolute atomic E-state index is 12.6. The van der Waals surface area contributed by atoms with Gasteiger partial charge in [-0.1, -0.05) is 12.1 Å². The molecule has 0 atom stereocenters. The summed E-state index contributed by atoms with van der Waals surface area (Å²) < 4.78 is 42.8. The molecule has 0 saturated heterocycles. The van der Waals surface area contributed by atoms with Crippen LogP contribution in [0.4, 0.5) is 13.2 Å². The van der Waals surface area contributed by atoms with Crippen LogP contribution in [0.3, 0.4) is 0 Å². The highest BCUT2D eigenvalue weighted by atomic mass is 19.4. The quantitative estimate of drug-likeness (QED) is 0.739. The van der Waals surface area contributed by atoms with Crippen LogP contribution in [0.15, 0.2) is 48.7 Å². The topological polar surface area (TPSA) is 25.0 Å². The predicted octanol–water partition coefficient (Wildman–Crippen LogP) is 4.79. The minimum Gasteiger partial charge on any atom is -0.497 e. The zero-order valence-electron chi connectivity index (χ0n) is 11.9. The molecule has 1 N–H and O–H groups in total. The van der Waals surface area contributed by atoms with Crippen molar-refractivity contribution in [3.63, 3.8) is 0 Å². The summed E-state index contributed by atoms with van der Waals surface area (Å²) in [6, 6.07) is 11.0. The summed E-state index contributed by atoms with van der Waals surface area (Å²) >= 11 is 0. The average Bonchev–Trinajstić information content (AvgIpc) is 2.89. The summed E-state index contributed by atoms with van der Waals surface area (Å²) in [6.07, 6.45) is -1.85. The SMILES string of the molecule is COc1ccc2c(Cc3ccc(C(F)(F)F)cc3)c[nH]c2c1. The highest BCUT2D eigenvalue weighted by Gasteiger charge is 2.29. The van der Waals surface area contributed by atoms with Crippen molar-refractivity contribution in [3.8, 4) is 5.75 Å². The monoisotopic (exact) mass is 305 g/mol. The van der Waals surface area contributed by atoms with Crippen molar-refractivity contribution in [1.82, 2.24) is 4.98 Å². The fourth-order valence-electron chi connectivity index (χ4n) is 2.47. The summed E-state index contributed by atoms with van der Waals surface area (Å²) in [6.45, 7) is 0. The molecule has 0 aliphatic carbocycles. The van der Waals surface area contributed by atoms with Gasteiger partial charge in [0.25, 0.3) is 0 Å². The van der Waals surface area contributed by atoms with Crippen LogP contribution in [0.25, 0.3) is 10.9 Å². The fourth-order valence-corrected chi connectivity index (χ4v) is 2.47. The van der Waals surface area contributed by atoms with Crippen molar-refractivity contribution < 1.29 is 17.9 Å². The fraction of sp³-hybridized carbons (Fsp3) is 0.176. The van der Waals surface area contributed by atoms with Crippen LogP contribution < -0.4 is 4.74 Å². The molecule has 0 fully saturated rings. The zero-order valence-corrected chi connectivity index (χ0v) is 11.9. The number of nitrogens with one attached hydrogen (secondary N) is 1. The Morgan fingerprint density at radius 1 is 1.05 bits per heavy atom.